The fourth-order valence-electron chi connectivity index (χ4n) is 3.62. The second-order valence-electron chi connectivity index (χ2n) is 8.20. The Morgan fingerprint density at radius 3 is 2.37 bits per heavy atom. The Hall–Kier alpha value is -4.60. The highest BCUT2D eigenvalue weighted by atomic mass is 32.2. The van der Waals surface area contributed by atoms with Crippen LogP contribution in [0.15, 0.2) is 82.7 Å². The number of thioether (sulfide) groups is 1. The molecule has 5 rings (SSSR count). The van der Waals surface area contributed by atoms with Crippen LogP contribution in [0.1, 0.15) is 16.7 Å². The summed E-state index contributed by atoms with van der Waals surface area (Å²) >= 11 is 1.19. The fourth-order valence-corrected chi connectivity index (χ4v) is 5.61. The number of hydrogen-bond donors (Lipinski definition) is 2. The molecular weight excluding hydrogens is 526 g/mol. The number of ether oxygens (including phenoxy) is 1. The van der Waals surface area contributed by atoms with Crippen molar-refractivity contribution in [2.24, 2.45) is 4.99 Å². The number of carbonyl (C=O) groups is 2. The Bertz CT molecular complexity index is 1610. The summed E-state index contributed by atoms with van der Waals surface area (Å²) in [6.45, 7) is 0.0918. The average Bonchev–Trinajstić information content (AvgIpc) is 3.39. The van der Waals surface area contributed by atoms with E-state index >= 15 is 0 Å². The van der Waals surface area contributed by atoms with Gasteiger partial charge in [-0.25, -0.2) is 14.0 Å². The van der Waals surface area contributed by atoms with E-state index in [1.807, 2.05) is 41.1 Å². The van der Waals surface area contributed by atoms with Crippen LogP contribution < -0.4 is 19.1 Å². The lowest BCUT2D eigenvalue weighted by Gasteiger charge is -2.14. The zero-order chi connectivity index (χ0) is 26.7. The normalized spacial score (nSPS) is 18.3. The van der Waals surface area contributed by atoms with E-state index in [-0.39, 0.29) is 12.5 Å². The van der Waals surface area contributed by atoms with E-state index in [4.69, 9.17) is 10.00 Å². The van der Waals surface area contributed by atoms with Crippen LogP contribution in [0.5, 0.6) is 5.75 Å². The molecule has 10 nitrogen and oxygen atoms in total. The quantitative estimate of drug-likeness (QED) is 0.453. The molecule has 0 unspecified atom stereocenters. The van der Waals surface area contributed by atoms with Crippen molar-refractivity contribution >= 4 is 56.4 Å². The van der Waals surface area contributed by atoms with E-state index in [2.05, 4.69) is 16.4 Å². The van der Waals surface area contributed by atoms with Crippen LogP contribution in [0.2, 0.25) is 0 Å². The van der Waals surface area contributed by atoms with Crippen molar-refractivity contribution in [2.75, 3.05) is 10.8 Å². The SMILES string of the molecule is N#Cc1ccc(COc2ccc(/C=C3/SC(=Nc4ccc(N5CC(=O)NS5(=O)=O)cc4)NC3=O)cc2)cc1. The number of hydrogen-bond acceptors (Lipinski definition) is 8. The number of nitrogens with zero attached hydrogens (tertiary/aromatic N) is 3. The van der Waals surface area contributed by atoms with Crippen molar-refractivity contribution in [3.05, 3.63) is 94.4 Å². The van der Waals surface area contributed by atoms with Gasteiger partial charge in [-0.2, -0.15) is 13.7 Å². The second-order valence-corrected chi connectivity index (χ2v) is 10.8. The smallest absolute Gasteiger partial charge is 0.326 e. The molecule has 3 aromatic carbocycles. The van der Waals surface area contributed by atoms with Gasteiger partial charge in [-0.3, -0.25) is 9.59 Å². The monoisotopic (exact) mass is 545 g/mol. The minimum absolute atomic E-state index is 0.277. The number of carbonyl (C=O) groups excluding carboxylic acids is 2. The summed E-state index contributed by atoms with van der Waals surface area (Å²) in [6, 6.07) is 22.9. The molecule has 0 aliphatic carbocycles. The minimum Gasteiger partial charge on any atom is -0.489 e. The number of aliphatic imine (C=N–C) groups is 1. The van der Waals surface area contributed by atoms with E-state index < -0.39 is 16.1 Å². The number of nitrogens with one attached hydrogen (secondary N) is 2. The molecule has 2 heterocycles. The number of rotatable bonds is 6. The Kier molecular flexibility index (Phi) is 6.87. The predicted octanol–water partition coefficient (Wildman–Crippen LogP) is 3.21. The Morgan fingerprint density at radius 1 is 1.03 bits per heavy atom. The van der Waals surface area contributed by atoms with Gasteiger partial charge in [-0.05, 0) is 77.5 Å². The lowest BCUT2D eigenvalue weighted by Crippen LogP contribution is -2.29. The van der Waals surface area contributed by atoms with E-state index in [9.17, 15) is 18.0 Å². The van der Waals surface area contributed by atoms with Crippen molar-refractivity contribution < 1.29 is 22.7 Å². The third-order valence-electron chi connectivity index (χ3n) is 5.51. The largest absolute Gasteiger partial charge is 0.489 e. The maximum Gasteiger partial charge on any atom is 0.326 e. The van der Waals surface area contributed by atoms with Gasteiger partial charge < -0.3 is 10.1 Å². The third kappa shape index (κ3) is 5.69. The van der Waals surface area contributed by atoms with Gasteiger partial charge in [0.2, 0.25) is 0 Å². The molecule has 0 radical (unpaired) electrons. The molecule has 0 aromatic heterocycles. The molecule has 2 amide bonds. The molecule has 2 fully saturated rings. The van der Waals surface area contributed by atoms with Crippen LogP contribution in [-0.4, -0.2) is 31.9 Å². The molecule has 2 saturated heterocycles. The fraction of sp³-hybridized carbons (Fsp3) is 0.0769. The van der Waals surface area contributed by atoms with Crippen molar-refractivity contribution in [1.29, 1.82) is 5.26 Å². The number of benzene rings is 3. The Morgan fingerprint density at radius 2 is 1.74 bits per heavy atom. The zero-order valence-electron chi connectivity index (χ0n) is 19.6. The topological polar surface area (TPSA) is 141 Å². The first-order chi connectivity index (χ1) is 18.3. The van der Waals surface area contributed by atoms with Crippen LogP contribution in [0, 0.1) is 11.3 Å². The Labute approximate surface area is 222 Å². The van der Waals surface area contributed by atoms with Gasteiger partial charge in [-0.15, -0.1) is 0 Å². The molecule has 2 aliphatic rings. The molecule has 0 atom stereocenters. The summed E-state index contributed by atoms with van der Waals surface area (Å²) in [4.78, 5) is 28.8. The standard InChI is InChI=1S/C26H19N5O5S2/c27-14-18-1-3-19(4-2-18)16-36-22-11-5-17(6-12-22)13-23-25(33)29-26(37-23)28-20-7-9-21(10-8-20)31-15-24(32)30-38(31,34)35/h1-13H,15-16H2,(H,30,32)(H,28,29,33)/b23-13+. The van der Waals surface area contributed by atoms with Crippen LogP contribution >= 0.6 is 11.8 Å². The molecule has 0 saturated carbocycles. The molecular formula is C26H19N5O5S2. The number of amides is 2. The zero-order valence-corrected chi connectivity index (χ0v) is 21.3. The first kappa shape index (κ1) is 25.1. The number of nitriles is 1. The Balaban J connectivity index is 1.21. The maximum absolute atomic E-state index is 12.4. The van der Waals surface area contributed by atoms with Crippen LogP contribution in [-0.2, 0) is 26.4 Å². The molecule has 2 N–H and O–H groups in total. The minimum atomic E-state index is -3.88. The van der Waals surface area contributed by atoms with E-state index in [0.29, 0.717) is 39.4 Å². The highest BCUT2D eigenvalue weighted by Crippen LogP contribution is 2.30. The highest BCUT2D eigenvalue weighted by molar-refractivity contribution is 8.18. The lowest BCUT2D eigenvalue weighted by molar-refractivity contribution is -0.117. The predicted molar refractivity (Wildman–Crippen MR) is 144 cm³/mol. The van der Waals surface area contributed by atoms with Gasteiger partial charge in [-0.1, -0.05) is 24.3 Å². The van der Waals surface area contributed by atoms with Crippen molar-refractivity contribution in [3.63, 3.8) is 0 Å². The average molecular weight is 546 g/mol. The molecule has 0 bridgehead atoms. The van der Waals surface area contributed by atoms with Gasteiger partial charge in [0.05, 0.1) is 27.9 Å². The van der Waals surface area contributed by atoms with Gasteiger partial charge in [0.15, 0.2) is 5.17 Å². The molecule has 12 heteroatoms. The molecule has 190 valence electrons. The summed E-state index contributed by atoms with van der Waals surface area (Å²) in [5, 5.41) is 12.0. The summed E-state index contributed by atoms with van der Waals surface area (Å²) < 4.78 is 32.7. The van der Waals surface area contributed by atoms with E-state index in [1.165, 1.54) is 11.8 Å². The van der Waals surface area contributed by atoms with Gasteiger partial charge in [0.25, 0.3) is 11.8 Å². The van der Waals surface area contributed by atoms with Crippen LogP contribution in [0.3, 0.4) is 0 Å². The van der Waals surface area contributed by atoms with E-state index in [0.717, 1.165) is 15.4 Å². The van der Waals surface area contributed by atoms with Gasteiger partial charge in [0, 0.05) is 0 Å². The van der Waals surface area contributed by atoms with Crippen LogP contribution in [0.4, 0.5) is 11.4 Å². The van der Waals surface area contributed by atoms with Crippen LogP contribution in [0.25, 0.3) is 6.08 Å². The van der Waals surface area contributed by atoms with Crippen molar-refractivity contribution in [2.45, 2.75) is 6.61 Å². The number of anilines is 1. The van der Waals surface area contributed by atoms with Crippen molar-refractivity contribution in [3.8, 4) is 11.8 Å². The second kappa shape index (κ2) is 10.4. The molecule has 38 heavy (non-hydrogen) atoms. The summed E-state index contributed by atoms with van der Waals surface area (Å²) in [7, 11) is -3.88. The first-order valence-electron chi connectivity index (χ1n) is 11.2. The number of amidine groups is 1. The van der Waals surface area contributed by atoms with Crippen molar-refractivity contribution in [1.82, 2.24) is 10.0 Å². The van der Waals surface area contributed by atoms with Gasteiger partial charge in [0.1, 0.15) is 18.9 Å². The maximum atomic E-state index is 12.4. The highest BCUT2D eigenvalue weighted by Gasteiger charge is 2.33. The third-order valence-corrected chi connectivity index (χ3v) is 7.82. The molecule has 3 aromatic rings. The lowest BCUT2D eigenvalue weighted by atomic mass is 10.1. The van der Waals surface area contributed by atoms with E-state index in [1.54, 1.807) is 42.5 Å². The summed E-state index contributed by atoms with van der Waals surface area (Å²) in [5.74, 6) is -0.198. The van der Waals surface area contributed by atoms with Gasteiger partial charge >= 0.3 is 10.2 Å². The molecule has 0 spiro atoms. The summed E-state index contributed by atoms with van der Waals surface area (Å²) in [6.07, 6.45) is 1.75. The first-order valence-corrected chi connectivity index (χ1v) is 13.5. The summed E-state index contributed by atoms with van der Waals surface area (Å²) in [5.41, 5.74) is 3.20. The molecule has 2 aliphatic heterocycles.